The van der Waals surface area contributed by atoms with Crippen molar-refractivity contribution in [2.24, 2.45) is 11.8 Å². The third-order valence-corrected chi connectivity index (χ3v) is 6.59. The minimum atomic E-state index is -3.19. The number of hydrogen-bond acceptors (Lipinski definition) is 3. The van der Waals surface area contributed by atoms with Crippen LogP contribution in [0, 0.1) is 11.8 Å². The summed E-state index contributed by atoms with van der Waals surface area (Å²) < 4.78 is 26.5. The standard InChI is InChI=1S/C13H25NO3S/c1-11-5-4-8-14(13(11)9-15)18(16,17)10-12-6-2-3-7-12/h11-13,15H,2-10H2,1H3. The van der Waals surface area contributed by atoms with E-state index < -0.39 is 10.0 Å². The van der Waals surface area contributed by atoms with Gasteiger partial charge in [-0.2, -0.15) is 4.31 Å². The van der Waals surface area contributed by atoms with Crippen LogP contribution >= 0.6 is 0 Å². The second-order valence-corrected chi connectivity index (χ2v) is 7.88. The molecule has 0 aromatic rings. The predicted octanol–water partition coefficient (Wildman–Crippen LogP) is 1.60. The Hall–Kier alpha value is -0.130. The lowest BCUT2D eigenvalue weighted by molar-refractivity contribution is 0.113. The summed E-state index contributed by atoms with van der Waals surface area (Å²) in [6.45, 7) is 2.58. The Balaban J connectivity index is 2.06. The van der Waals surface area contributed by atoms with Crippen molar-refractivity contribution in [3.63, 3.8) is 0 Å². The summed E-state index contributed by atoms with van der Waals surface area (Å²) in [7, 11) is -3.19. The Morgan fingerprint density at radius 3 is 2.44 bits per heavy atom. The molecule has 1 saturated heterocycles. The first-order valence-electron chi connectivity index (χ1n) is 7.15. The van der Waals surface area contributed by atoms with Gasteiger partial charge in [0.1, 0.15) is 0 Å². The third-order valence-electron chi connectivity index (χ3n) is 4.53. The predicted molar refractivity (Wildman–Crippen MR) is 71.7 cm³/mol. The molecule has 0 aromatic carbocycles. The molecule has 2 rings (SSSR count). The molecule has 5 heteroatoms. The second-order valence-electron chi connectivity index (χ2n) is 5.91. The van der Waals surface area contributed by atoms with Crippen molar-refractivity contribution >= 4 is 10.0 Å². The maximum Gasteiger partial charge on any atom is 0.214 e. The zero-order valence-electron chi connectivity index (χ0n) is 11.2. The van der Waals surface area contributed by atoms with Gasteiger partial charge in [0.15, 0.2) is 0 Å². The lowest BCUT2D eigenvalue weighted by atomic mass is 9.93. The molecule has 1 saturated carbocycles. The van der Waals surface area contributed by atoms with Crippen LogP contribution in [0.2, 0.25) is 0 Å². The molecule has 2 fully saturated rings. The van der Waals surface area contributed by atoms with Gasteiger partial charge in [-0.05, 0) is 37.5 Å². The van der Waals surface area contributed by atoms with Crippen LogP contribution in [-0.4, -0.2) is 42.8 Å². The highest BCUT2D eigenvalue weighted by Crippen LogP contribution is 2.30. The summed E-state index contributed by atoms with van der Waals surface area (Å²) >= 11 is 0. The molecule has 0 spiro atoms. The van der Waals surface area contributed by atoms with E-state index in [1.165, 1.54) is 12.8 Å². The summed E-state index contributed by atoms with van der Waals surface area (Å²) in [4.78, 5) is 0. The van der Waals surface area contributed by atoms with Gasteiger partial charge in [0.25, 0.3) is 0 Å². The van der Waals surface area contributed by atoms with Gasteiger partial charge in [-0.3, -0.25) is 0 Å². The van der Waals surface area contributed by atoms with Crippen molar-refractivity contribution in [2.45, 2.75) is 51.5 Å². The maximum absolute atomic E-state index is 12.5. The number of nitrogens with zero attached hydrogens (tertiary/aromatic N) is 1. The molecule has 0 bridgehead atoms. The van der Waals surface area contributed by atoms with Gasteiger partial charge in [-0.15, -0.1) is 0 Å². The number of aliphatic hydroxyl groups is 1. The molecule has 1 N–H and O–H groups in total. The molecule has 2 atom stereocenters. The first kappa shape index (κ1) is 14.3. The minimum absolute atomic E-state index is 0.0505. The number of aliphatic hydroxyl groups excluding tert-OH is 1. The zero-order valence-corrected chi connectivity index (χ0v) is 12.0. The van der Waals surface area contributed by atoms with Crippen LogP contribution in [0.5, 0.6) is 0 Å². The van der Waals surface area contributed by atoms with Crippen molar-refractivity contribution in [2.75, 3.05) is 18.9 Å². The van der Waals surface area contributed by atoms with E-state index in [0.717, 1.165) is 25.7 Å². The molecular formula is C13H25NO3S. The highest BCUT2D eigenvalue weighted by molar-refractivity contribution is 7.89. The van der Waals surface area contributed by atoms with E-state index in [1.54, 1.807) is 4.31 Å². The molecule has 1 heterocycles. The Labute approximate surface area is 110 Å². The molecule has 1 aliphatic carbocycles. The van der Waals surface area contributed by atoms with Crippen molar-refractivity contribution in [1.29, 1.82) is 0 Å². The SMILES string of the molecule is CC1CCCN(S(=O)(=O)CC2CCCC2)C1CO. The average Bonchev–Trinajstić information content (AvgIpc) is 2.80. The minimum Gasteiger partial charge on any atom is -0.395 e. The number of sulfonamides is 1. The van der Waals surface area contributed by atoms with Crippen LogP contribution in [0.15, 0.2) is 0 Å². The number of piperidine rings is 1. The van der Waals surface area contributed by atoms with E-state index in [1.807, 2.05) is 6.92 Å². The summed E-state index contributed by atoms with van der Waals surface area (Å²) in [5.74, 6) is 0.893. The molecule has 1 aliphatic heterocycles. The topological polar surface area (TPSA) is 57.6 Å². The van der Waals surface area contributed by atoms with Crippen LogP contribution in [0.25, 0.3) is 0 Å². The van der Waals surface area contributed by atoms with Gasteiger partial charge in [0.05, 0.1) is 18.4 Å². The number of rotatable bonds is 4. The zero-order chi connectivity index (χ0) is 13.2. The van der Waals surface area contributed by atoms with Crippen LogP contribution in [0.3, 0.4) is 0 Å². The van der Waals surface area contributed by atoms with Crippen molar-refractivity contribution in [1.82, 2.24) is 4.31 Å². The van der Waals surface area contributed by atoms with Gasteiger partial charge in [0.2, 0.25) is 10.0 Å². The fourth-order valence-corrected chi connectivity index (χ4v) is 5.61. The maximum atomic E-state index is 12.5. The fourth-order valence-electron chi connectivity index (χ4n) is 3.40. The van der Waals surface area contributed by atoms with E-state index in [-0.39, 0.29) is 24.3 Å². The van der Waals surface area contributed by atoms with Gasteiger partial charge in [-0.25, -0.2) is 8.42 Å². The Kier molecular flexibility index (Phi) is 4.67. The highest BCUT2D eigenvalue weighted by atomic mass is 32.2. The molecular weight excluding hydrogens is 250 g/mol. The smallest absolute Gasteiger partial charge is 0.214 e. The third kappa shape index (κ3) is 3.06. The van der Waals surface area contributed by atoms with Crippen LogP contribution in [-0.2, 0) is 10.0 Å². The lowest BCUT2D eigenvalue weighted by Gasteiger charge is -2.38. The first-order chi connectivity index (χ1) is 8.54. The van der Waals surface area contributed by atoms with Gasteiger partial charge in [-0.1, -0.05) is 19.8 Å². The highest BCUT2D eigenvalue weighted by Gasteiger charge is 2.37. The molecule has 4 nitrogen and oxygen atoms in total. The normalized spacial score (nSPS) is 31.9. The Morgan fingerprint density at radius 1 is 1.17 bits per heavy atom. The molecule has 18 heavy (non-hydrogen) atoms. The summed E-state index contributed by atoms with van der Waals surface area (Å²) in [6, 6.07) is -0.204. The van der Waals surface area contributed by atoms with E-state index in [0.29, 0.717) is 12.5 Å². The van der Waals surface area contributed by atoms with E-state index >= 15 is 0 Å². The Morgan fingerprint density at radius 2 is 1.83 bits per heavy atom. The fraction of sp³-hybridized carbons (Fsp3) is 1.00. The number of hydrogen-bond donors (Lipinski definition) is 1. The molecule has 0 amide bonds. The van der Waals surface area contributed by atoms with E-state index in [9.17, 15) is 13.5 Å². The summed E-state index contributed by atoms with van der Waals surface area (Å²) in [5, 5.41) is 9.45. The van der Waals surface area contributed by atoms with Crippen LogP contribution in [0.1, 0.15) is 45.4 Å². The van der Waals surface area contributed by atoms with Crippen molar-refractivity contribution in [3.05, 3.63) is 0 Å². The Bertz CT molecular complexity index is 362. The largest absolute Gasteiger partial charge is 0.395 e. The first-order valence-corrected chi connectivity index (χ1v) is 8.76. The average molecular weight is 275 g/mol. The molecule has 0 aromatic heterocycles. The van der Waals surface area contributed by atoms with Crippen LogP contribution < -0.4 is 0 Å². The van der Waals surface area contributed by atoms with E-state index in [2.05, 4.69) is 0 Å². The monoisotopic (exact) mass is 275 g/mol. The van der Waals surface area contributed by atoms with Gasteiger partial charge in [0, 0.05) is 6.54 Å². The van der Waals surface area contributed by atoms with Crippen LogP contribution in [0.4, 0.5) is 0 Å². The lowest BCUT2D eigenvalue weighted by Crippen LogP contribution is -2.50. The second kappa shape index (κ2) is 5.88. The molecule has 2 unspecified atom stereocenters. The van der Waals surface area contributed by atoms with Crippen molar-refractivity contribution in [3.8, 4) is 0 Å². The van der Waals surface area contributed by atoms with Gasteiger partial charge >= 0.3 is 0 Å². The van der Waals surface area contributed by atoms with Gasteiger partial charge < -0.3 is 5.11 Å². The quantitative estimate of drug-likeness (QED) is 0.848. The summed E-state index contributed by atoms with van der Waals surface area (Å²) in [6.07, 6.45) is 6.36. The molecule has 0 radical (unpaired) electrons. The van der Waals surface area contributed by atoms with E-state index in [4.69, 9.17) is 0 Å². The molecule has 2 aliphatic rings. The summed E-state index contributed by atoms with van der Waals surface area (Å²) in [5.41, 5.74) is 0. The molecule has 106 valence electrons. The van der Waals surface area contributed by atoms with Crippen molar-refractivity contribution < 1.29 is 13.5 Å².